The molecule has 2 aromatic rings. The number of hydrogen-bond donors (Lipinski definition) is 1. The van der Waals surface area contributed by atoms with Gasteiger partial charge in [0, 0.05) is 12.2 Å². The zero-order valence-electron chi connectivity index (χ0n) is 14.7. The lowest BCUT2D eigenvalue weighted by molar-refractivity contribution is 0.0707. The molecule has 0 aromatic heterocycles. The monoisotopic (exact) mass is 336 g/mol. The topological polar surface area (TPSA) is 41.6 Å². The molecule has 0 saturated heterocycles. The molecule has 1 heterocycles. The summed E-state index contributed by atoms with van der Waals surface area (Å²) in [4.78, 5) is 14.7. The van der Waals surface area contributed by atoms with Crippen molar-refractivity contribution in [2.75, 3.05) is 18.5 Å². The van der Waals surface area contributed by atoms with Crippen LogP contribution in [0, 0.1) is 5.92 Å². The van der Waals surface area contributed by atoms with Crippen LogP contribution in [0.1, 0.15) is 35.9 Å². The average Bonchev–Trinajstić information content (AvgIpc) is 2.62. The minimum Gasteiger partial charge on any atom is -0.493 e. The van der Waals surface area contributed by atoms with Crippen LogP contribution in [0.5, 0.6) is 5.75 Å². The van der Waals surface area contributed by atoms with E-state index in [9.17, 15) is 4.79 Å². The molecule has 25 heavy (non-hydrogen) atoms. The van der Waals surface area contributed by atoms with Gasteiger partial charge in [-0.25, -0.2) is 0 Å². The quantitative estimate of drug-likeness (QED) is 0.791. The zero-order valence-corrected chi connectivity index (χ0v) is 14.7. The molecule has 0 aliphatic carbocycles. The first kappa shape index (κ1) is 17.1. The van der Waals surface area contributed by atoms with Gasteiger partial charge in [0.25, 0.3) is 5.91 Å². The first-order valence-electron chi connectivity index (χ1n) is 8.60. The lowest BCUT2D eigenvalue weighted by atomic mass is 10.0. The first-order chi connectivity index (χ1) is 12.1. The second-order valence-corrected chi connectivity index (χ2v) is 6.62. The van der Waals surface area contributed by atoms with Crippen LogP contribution in [0.3, 0.4) is 0 Å². The van der Waals surface area contributed by atoms with Crippen molar-refractivity contribution in [3.63, 3.8) is 0 Å². The van der Waals surface area contributed by atoms with Gasteiger partial charge in [0.1, 0.15) is 11.9 Å². The Labute approximate surface area is 149 Å². The van der Waals surface area contributed by atoms with Crippen molar-refractivity contribution in [1.82, 2.24) is 4.90 Å². The van der Waals surface area contributed by atoms with Gasteiger partial charge < -0.3 is 15.0 Å². The van der Waals surface area contributed by atoms with Crippen molar-refractivity contribution < 1.29 is 9.53 Å². The molecule has 0 bridgehead atoms. The van der Waals surface area contributed by atoms with E-state index in [-0.39, 0.29) is 12.1 Å². The number of ether oxygens (including phenoxy) is 1. The van der Waals surface area contributed by atoms with E-state index >= 15 is 0 Å². The molecule has 1 atom stereocenters. The van der Waals surface area contributed by atoms with Crippen molar-refractivity contribution in [3.05, 3.63) is 72.3 Å². The molecular weight excluding hydrogens is 312 g/mol. The van der Waals surface area contributed by atoms with E-state index in [1.165, 1.54) is 0 Å². The molecule has 0 fully saturated rings. The van der Waals surface area contributed by atoms with Crippen molar-refractivity contribution >= 4 is 11.6 Å². The Balaban J connectivity index is 1.93. The summed E-state index contributed by atoms with van der Waals surface area (Å²) in [7, 11) is 0. The van der Waals surface area contributed by atoms with Gasteiger partial charge in [0.15, 0.2) is 0 Å². The zero-order chi connectivity index (χ0) is 17.8. The number of anilines is 1. The smallest absolute Gasteiger partial charge is 0.258 e. The van der Waals surface area contributed by atoms with Crippen LogP contribution in [0.4, 0.5) is 5.69 Å². The summed E-state index contributed by atoms with van der Waals surface area (Å²) in [5.74, 6) is 1.28. The van der Waals surface area contributed by atoms with Gasteiger partial charge in [-0.1, -0.05) is 44.2 Å². The lowest BCUT2D eigenvalue weighted by Gasteiger charge is -2.37. The Morgan fingerprint density at radius 2 is 2.04 bits per heavy atom. The minimum atomic E-state index is -0.247. The Bertz CT molecular complexity index is 770. The van der Waals surface area contributed by atoms with E-state index in [1.807, 2.05) is 48.5 Å². The van der Waals surface area contributed by atoms with Crippen LogP contribution < -0.4 is 10.1 Å². The number of carbonyl (C=O) groups is 1. The summed E-state index contributed by atoms with van der Waals surface area (Å²) >= 11 is 0. The third kappa shape index (κ3) is 3.68. The number of nitrogens with one attached hydrogen (secondary N) is 1. The molecular formula is C21H24N2O2. The predicted molar refractivity (Wildman–Crippen MR) is 101 cm³/mol. The molecule has 1 unspecified atom stereocenters. The molecule has 3 rings (SSSR count). The summed E-state index contributed by atoms with van der Waals surface area (Å²) in [6.45, 7) is 9.17. The number of amides is 1. The van der Waals surface area contributed by atoms with Gasteiger partial charge >= 0.3 is 0 Å². The van der Waals surface area contributed by atoms with Crippen LogP contribution in [0.25, 0.3) is 0 Å². The molecule has 4 nitrogen and oxygen atoms in total. The summed E-state index contributed by atoms with van der Waals surface area (Å²) in [5, 5.41) is 3.47. The molecule has 1 aliphatic rings. The second kappa shape index (κ2) is 7.43. The fourth-order valence-electron chi connectivity index (χ4n) is 2.92. The average molecular weight is 336 g/mol. The van der Waals surface area contributed by atoms with Gasteiger partial charge in [-0.15, -0.1) is 6.58 Å². The lowest BCUT2D eigenvalue weighted by Crippen LogP contribution is -2.42. The molecule has 1 amide bonds. The number of para-hydroxylation sites is 1. The van der Waals surface area contributed by atoms with Gasteiger partial charge in [-0.05, 0) is 35.7 Å². The minimum absolute atomic E-state index is 0.00718. The number of benzene rings is 2. The van der Waals surface area contributed by atoms with E-state index in [0.717, 1.165) is 17.0 Å². The van der Waals surface area contributed by atoms with E-state index in [0.29, 0.717) is 24.6 Å². The Morgan fingerprint density at radius 3 is 2.80 bits per heavy atom. The van der Waals surface area contributed by atoms with Gasteiger partial charge in [-0.3, -0.25) is 4.79 Å². The Hall–Kier alpha value is -2.75. The predicted octanol–water partition coefficient (Wildman–Crippen LogP) is 4.47. The third-order valence-electron chi connectivity index (χ3n) is 4.11. The van der Waals surface area contributed by atoms with Crippen molar-refractivity contribution in [2.45, 2.75) is 20.0 Å². The number of nitrogens with zero attached hydrogens (tertiary/aromatic N) is 1. The molecule has 0 spiro atoms. The maximum atomic E-state index is 12.9. The normalized spacial score (nSPS) is 16.4. The Kier molecular flexibility index (Phi) is 5.08. The second-order valence-electron chi connectivity index (χ2n) is 6.62. The maximum absolute atomic E-state index is 12.9. The van der Waals surface area contributed by atoms with Crippen LogP contribution in [0.15, 0.2) is 61.2 Å². The highest BCUT2D eigenvalue weighted by molar-refractivity contribution is 6.01. The number of rotatable bonds is 6. The van der Waals surface area contributed by atoms with Crippen molar-refractivity contribution in [1.29, 1.82) is 0 Å². The van der Waals surface area contributed by atoms with E-state index < -0.39 is 0 Å². The number of hydrogen-bond acceptors (Lipinski definition) is 3. The molecule has 2 aromatic carbocycles. The molecule has 1 N–H and O–H groups in total. The highest BCUT2D eigenvalue weighted by atomic mass is 16.5. The first-order valence-corrected chi connectivity index (χ1v) is 8.60. The third-order valence-corrected chi connectivity index (χ3v) is 4.11. The Morgan fingerprint density at radius 1 is 1.24 bits per heavy atom. The number of carbonyl (C=O) groups excluding carboxylic acids is 1. The van der Waals surface area contributed by atoms with Crippen LogP contribution in [-0.2, 0) is 0 Å². The largest absolute Gasteiger partial charge is 0.493 e. The molecule has 0 saturated carbocycles. The van der Waals surface area contributed by atoms with Crippen molar-refractivity contribution in [2.24, 2.45) is 5.92 Å². The van der Waals surface area contributed by atoms with Crippen LogP contribution in [-0.4, -0.2) is 24.0 Å². The highest BCUT2D eigenvalue weighted by Crippen LogP contribution is 2.34. The van der Waals surface area contributed by atoms with E-state index in [4.69, 9.17) is 4.74 Å². The van der Waals surface area contributed by atoms with Crippen LogP contribution in [0.2, 0.25) is 0 Å². The van der Waals surface area contributed by atoms with E-state index in [1.54, 1.807) is 11.0 Å². The maximum Gasteiger partial charge on any atom is 0.258 e. The fourth-order valence-corrected chi connectivity index (χ4v) is 2.92. The fraction of sp³-hybridized carbons (Fsp3) is 0.286. The molecule has 0 radical (unpaired) electrons. The van der Waals surface area contributed by atoms with Gasteiger partial charge in [0.2, 0.25) is 0 Å². The molecule has 4 heteroatoms. The molecule has 1 aliphatic heterocycles. The highest BCUT2D eigenvalue weighted by Gasteiger charge is 2.32. The summed E-state index contributed by atoms with van der Waals surface area (Å²) in [6, 6.07) is 15.5. The standard InChI is InChI=1S/C21H24N2O2/c1-4-12-23-20(22-19-11-6-5-10-18(19)21(23)24)16-8-7-9-17(13-16)25-14-15(2)3/h4-11,13,15,20,22H,1,12,14H2,2-3H3. The number of fused-ring (bicyclic) bond motifs is 1. The van der Waals surface area contributed by atoms with Crippen LogP contribution >= 0.6 is 0 Å². The molecule has 130 valence electrons. The van der Waals surface area contributed by atoms with Gasteiger partial charge in [-0.2, -0.15) is 0 Å². The van der Waals surface area contributed by atoms with Crippen molar-refractivity contribution in [3.8, 4) is 5.75 Å². The SMILES string of the molecule is C=CCN1C(=O)c2ccccc2NC1c1cccc(OCC(C)C)c1. The van der Waals surface area contributed by atoms with E-state index in [2.05, 4.69) is 25.7 Å². The van der Waals surface area contributed by atoms with Gasteiger partial charge in [0.05, 0.1) is 12.2 Å². The summed E-state index contributed by atoms with van der Waals surface area (Å²) in [5.41, 5.74) is 2.53. The summed E-state index contributed by atoms with van der Waals surface area (Å²) in [6.07, 6.45) is 1.50. The summed E-state index contributed by atoms with van der Waals surface area (Å²) < 4.78 is 5.84.